The molecule has 0 radical (unpaired) electrons. The van der Waals surface area contributed by atoms with Crippen LogP contribution in [0, 0.1) is 0 Å². The Balaban J connectivity index is 3.18. The molecule has 76 valence electrons. The highest BCUT2D eigenvalue weighted by Gasteiger charge is 2.30. The Morgan fingerprint density at radius 2 is 1.08 bits per heavy atom. The molecule has 0 aliphatic heterocycles. The van der Waals surface area contributed by atoms with E-state index in [2.05, 4.69) is 46.5 Å². The second-order valence-electron chi connectivity index (χ2n) is 4.93. The summed E-state index contributed by atoms with van der Waals surface area (Å²) in [7, 11) is -0.483. The quantitative estimate of drug-likeness (QED) is 0.602. The molecular formula is C12H22S. The second kappa shape index (κ2) is 3.20. The van der Waals surface area contributed by atoms with Crippen molar-refractivity contribution in [1.29, 1.82) is 0 Å². The van der Waals surface area contributed by atoms with Gasteiger partial charge in [0.05, 0.1) is 0 Å². The fourth-order valence-corrected chi connectivity index (χ4v) is 4.85. The summed E-state index contributed by atoms with van der Waals surface area (Å²) in [6, 6.07) is 0. The van der Waals surface area contributed by atoms with E-state index in [1.165, 1.54) is 11.1 Å². The Morgan fingerprint density at radius 1 is 0.769 bits per heavy atom. The lowest BCUT2D eigenvalue weighted by atomic mass is 10.1. The van der Waals surface area contributed by atoms with Gasteiger partial charge in [-0.3, -0.25) is 0 Å². The minimum absolute atomic E-state index is 0.483. The van der Waals surface area contributed by atoms with Crippen LogP contribution in [0.15, 0.2) is 22.3 Å². The van der Waals surface area contributed by atoms with Crippen molar-refractivity contribution in [3.8, 4) is 0 Å². The highest BCUT2D eigenvalue weighted by atomic mass is 32.3. The standard InChI is InChI=1S/C12H22S/c1-8-9(2)11(4)12(10(8)3)13(5,6)7/h12H,1-7H3. The van der Waals surface area contributed by atoms with Gasteiger partial charge in [0.25, 0.3) is 0 Å². The maximum atomic E-state index is 2.41. The van der Waals surface area contributed by atoms with E-state index in [4.69, 9.17) is 0 Å². The summed E-state index contributed by atoms with van der Waals surface area (Å²) in [4.78, 5) is 0. The van der Waals surface area contributed by atoms with Crippen LogP contribution >= 0.6 is 10.0 Å². The molecule has 0 N–H and O–H groups in total. The SMILES string of the molecule is CC1=C(C)C(S(C)(C)C)C(C)=C1C. The van der Waals surface area contributed by atoms with Crippen molar-refractivity contribution in [2.45, 2.75) is 32.9 Å². The van der Waals surface area contributed by atoms with Gasteiger partial charge in [0.2, 0.25) is 0 Å². The third kappa shape index (κ3) is 1.71. The lowest BCUT2D eigenvalue weighted by molar-refractivity contribution is 1.14. The fraction of sp³-hybridized carbons (Fsp3) is 0.667. The van der Waals surface area contributed by atoms with Crippen molar-refractivity contribution in [2.75, 3.05) is 18.8 Å². The van der Waals surface area contributed by atoms with Crippen LogP contribution < -0.4 is 0 Å². The van der Waals surface area contributed by atoms with Crippen molar-refractivity contribution < 1.29 is 0 Å². The topological polar surface area (TPSA) is 0 Å². The van der Waals surface area contributed by atoms with Gasteiger partial charge in [-0.15, -0.1) is 0 Å². The number of allylic oxidation sites excluding steroid dienone is 2. The summed E-state index contributed by atoms with van der Waals surface area (Å²) < 4.78 is 0. The van der Waals surface area contributed by atoms with Gasteiger partial charge in [-0.05, 0) is 57.6 Å². The highest BCUT2D eigenvalue weighted by Crippen LogP contribution is 2.52. The molecule has 0 bridgehead atoms. The van der Waals surface area contributed by atoms with Gasteiger partial charge in [0.1, 0.15) is 0 Å². The molecular weight excluding hydrogens is 176 g/mol. The molecule has 13 heavy (non-hydrogen) atoms. The monoisotopic (exact) mass is 198 g/mol. The third-order valence-corrected chi connectivity index (χ3v) is 5.36. The minimum Gasteiger partial charge on any atom is -0.240 e. The molecule has 1 aliphatic rings. The molecule has 0 aromatic rings. The molecule has 0 amide bonds. The van der Waals surface area contributed by atoms with Gasteiger partial charge in [-0.2, -0.15) is 0 Å². The van der Waals surface area contributed by atoms with E-state index in [9.17, 15) is 0 Å². The zero-order chi connectivity index (χ0) is 10.4. The third-order valence-electron chi connectivity index (χ3n) is 3.24. The average Bonchev–Trinajstić information content (AvgIpc) is 2.14. The van der Waals surface area contributed by atoms with Gasteiger partial charge in [-0.25, -0.2) is 10.0 Å². The average molecular weight is 198 g/mol. The van der Waals surface area contributed by atoms with Crippen molar-refractivity contribution in [3.63, 3.8) is 0 Å². The Bertz CT molecular complexity index is 263. The van der Waals surface area contributed by atoms with E-state index in [0.29, 0.717) is 0 Å². The van der Waals surface area contributed by atoms with Gasteiger partial charge in [0, 0.05) is 5.25 Å². The van der Waals surface area contributed by atoms with E-state index in [-0.39, 0.29) is 0 Å². The van der Waals surface area contributed by atoms with E-state index >= 15 is 0 Å². The molecule has 0 heterocycles. The Labute approximate surface area is 84.4 Å². The Kier molecular flexibility index (Phi) is 2.68. The normalized spacial score (nSPS) is 21.8. The van der Waals surface area contributed by atoms with Crippen LogP contribution in [-0.4, -0.2) is 24.0 Å². The van der Waals surface area contributed by atoms with Crippen molar-refractivity contribution in [1.82, 2.24) is 0 Å². The molecule has 0 unspecified atom stereocenters. The molecule has 0 saturated carbocycles. The lowest BCUT2D eigenvalue weighted by Crippen LogP contribution is -2.16. The first-order valence-corrected chi connectivity index (χ1v) is 7.71. The minimum atomic E-state index is -0.483. The van der Waals surface area contributed by atoms with Crippen LogP contribution in [0.2, 0.25) is 0 Å². The number of hydrogen-bond acceptors (Lipinski definition) is 0. The summed E-state index contributed by atoms with van der Waals surface area (Å²) in [5.41, 5.74) is 6.28. The highest BCUT2D eigenvalue weighted by molar-refractivity contribution is 8.32. The summed E-state index contributed by atoms with van der Waals surface area (Å²) >= 11 is 0. The van der Waals surface area contributed by atoms with Gasteiger partial charge < -0.3 is 0 Å². The predicted molar refractivity (Wildman–Crippen MR) is 65.9 cm³/mol. The molecule has 0 aromatic carbocycles. The first-order chi connectivity index (χ1) is 5.76. The zero-order valence-corrected chi connectivity index (χ0v) is 10.8. The summed E-state index contributed by atoms with van der Waals surface area (Å²) in [6.45, 7) is 9.13. The summed E-state index contributed by atoms with van der Waals surface area (Å²) in [5, 5.41) is 0.743. The second-order valence-corrected chi connectivity index (χ2v) is 9.26. The maximum Gasteiger partial charge on any atom is 0.0310 e. The zero-order valence-electron chi connectivity index (χ0n) is 9.99. The van der Waals surface area contributed by atoms with Gasteiger partial charge in [0.15, 0.2) is 0 Å². The lowest BCUT2D eigenvalue weighted by Gasteiger charge is -2.36. The molecule has 1 heteroatoms. The number of rotatable bonds is 1. The van der Waals surface area contributed by atoms with Crippen LogP contribution in [0.3, 0.4) is 0 Å². The Hall–Kier alpha value is -0.170. The van der Waals surface area contributed by atoms with Crippen LogP contribution in [0.4, 0.5) is 0 Å². The van der Waals surface area contributed by atoms with E-state index < -0.39 is 10.0 Å². The molecule has 0 aromatic heterocycles. The molecule has 1 aliphatic carbocycles. The van der Waals surface area contributed by atoms with E-state index in [1.807, 2.05) is 0 Å². The van der Waals surface area contributed by atoms with Gasteiger partial charge in [-0.1, -0.05) is 11.1 Å². The summed E-state index contributed by atoms with van der Waals surface area (Å²) in [5.74, 6) is 0. The number of hydrogen-bond donors (Lipinski definition) is 0. The largest absolute Gasteiger partial charge is 0.240 e. The van der Waals surface area contributed by atoms with Crippen molar-refractivity contribution in [2.24, 2.45) is 0 Å². The maximum absolute atomic E-state index is 2.41. The van der Waals surface area contributed by atoms with Crippen molar-refractivity contribution in [3.05, 3.63) is 22.3 Å². The van der Waals surface area contributed by atoms with Crippen LogP contribution in [0.1, 0.15) is 27.7 Å². The van der Waals surface area contributed by atoms with Crippen molar-refractivity contribution >= 4 is 10.0 Å². The first-order valence-electron chi connectivity index (χ1n) is 4.79. The molecule has 0 saturated heterocycles. The van der Waals surface area contributed by atoms with Crippen LogP contribution in [-0.2, 0) is 0 Å². The molecule has 0 spiro atoms. The molecule has 0 nitrogen and oxygen atoms in total. The molecule has 0 atom stereocenters. The predicted octanol–water partition coefficient (Wildman–Crippen LogP) is 3.74. The van der Waals surface area contributed by atoms with Gasteiger partial charge >= 0.3 is 0 Å². The summed E-state index contributed by atoms with van der Waals surface area (Å²) in [6.07, 6.45) is 7.24. The smallest absolute Gasteiger partial charge is 0.0310 e. The fourth-order valence-electron chi connectivity index (χ4n) is 2.37. The van der Waals surface area contributed by atoms with Crippen LogP contribution in [0.25, 0.3) is 0 Å². The van der Waals surface area contributed by atoms with E-state index in [1.54, 1.807) is 11.1 Å². The van der Waals surface area contributed by atoms with E-state index in [0.717, 1.165) is 5.25 Å². The molecule has 0 fully saturated rings. The Morgan fingerprint density at radius 3 is 1.23 bits per heavy atom. The molecule has 1 rings (SSSR count). The first kappa shape index (κ1) is 10.9. The van der Waals surface area contributed by atoms with Crippen LogP contribution in [0.5, 0.6) is 0 Å².